The average molecular weight is 1530 g/mol. The molecule has 0 aromatic heterocycles. The van der Waals surface area contributed by atoms with Crippen LogP contribution in [0, 0.1) is 0 Å². The van der Waals surface area contributed by atoms with Crippen molar-refractivity contribution in [3.05, 3.63) is 194 Å². The number of allylic oxidation sites excluding steroid dienone is 32. The molecule has 0 aliphatic carbocycles. The van der Waals surface area contributed by atoms with Gasteiger partial charge in [-0.15, -0.1) is 0 Å². The van der Waals surface area contributed by atoms with Crippen LogP contribution in [-0.2, 0) is 55.8 Å². The summed E-state index contributed by atoms with van der Waals surface area (Å²) in [5.74, 6) is -1.63. The molecule has 107 heavy (non-hydrogen) atoms. The van der Waals surface area contributed by atoms with Crippen LogP contribution >= 0.6 is 15.6 Å². The number of unbranched alkanes of at least 4 members (excludes halogenated alkanes) is 20. The Hall–Kier alpha value is -5.61. The summed E-state index contributed by atoms with van der Waals surface area (Å²) in [6, 6.07) is 0. The molecule has 0 aliphatic rings. The van der Waals surface area contributed by atoms with Crippen LogP contribution in [0.5, 0.6) is 0 Å². The monoisotopic (exact) mass is 1530 g/mol. The van der Waals surface area contributed by atoms with Crippen LogP contribution in [0.15, 0.2) is 194 Å². The van der Waals surface area contributed by atoms with Crippen molar-refractivity contribution in [2.45, 2.75) is 309 Å². The lowest BCUT2D eigenvalue weighted by Gasteiger charge is -2.21. The van der Waals surface area contributed by atoms with Gasteiger partial charge in [0.05, 0.1) is 26.4 Å². The quantitative estimate of drug-likeness (QED) is 0.0146. The number of phosphoric ester groups is 2. The van der Waals surface area contributed by atoms with Crippen molar-refractivity contribution in [2.24, 2.45) is 0 Å². The fourth-order valence-electron chi connectivity index (χ4n) is 10.2. The van der Waals surface area contributed by atoms with E-state index < -0.39 is 91.5 Å². The molecule has 0 amide bonds. The van der Waals surface area contributed by atoms with Crippen molar-refractivity contribution >= 4 is 33.6 Å². The summed E-state index contributed by atoms with van der Waals surface area (Å²) in [6.45, 7) is 2.28. The summed E-state index contributed by atoms with van der Waals surface area (Å²) in [4.78, 5) is 58.8. The summed E-state index contributed by atoms with van der Waals surface area (Å²) in [7, 11) is -9.83. The number of ether oxygens (including phenoxy) is 3. The van der Waals surface area contributed by atoms with E-state index in [1.165, 1.54) is 25.7 Å². The van der Waals surface area contributed by atoms with Gasteiger partial charge in [-0.05, 0) is 161 Å². The van der Waals surface area contributed by atoms with E-state index in [0.29, 0.717) is 19.3 Å². The summed E-state index contributed by atoms with van der Waals surface area (Å²) in [5, 5.41) is 20.7. The Labute approximate surface area is 648 Å². The predicted molar refractivity (Wildman–Crippen MR) is 444 cm³/mol. The molecule has 0 radical (unpaired) electrons. The predicted octanol–water partition coefficient (Wildman–Crippen LogP) is 24.3. The number of phosphoric acid groups is 2. The van der Waals surface area contributed by atoms with Crippen LogP contribution in [0.1, 0.15) is 290 Å². The first kappa shape index (κ1) is 101. The molecule has 0 spiro atoms. The van der Waals surface area contributed by atoms with E-state index in [4.69, 9.17) is 32.3 Å². The fraction of sp³-hybridized carbons (Fsp3) is 0.607. The molecule has 5 atom stereocenters. The molecular formula is C89H144O16P2. The second-order valence-electron chi connectivity index (χ2n) is 26.4. The number of esters is 3. The SMILES string of the molecule is CC/C=C\C/C=C\C/C=C\C/C=C\C/C=C\C/C=C\CCCCCCC(=O)OCC(COP(=O)(O)OCC(O)COP(=O)(O)OCC(O)COC(=O)CCCCCCCCCCC/C=C\C/C=C\C/C=C\C/C=C\C/C=C\CC)OC(=O)CCCCCCCCC/C=C\C/C=C\C/C=C\C/C=C\C/C=C\CC. The highest BCUT2D eigenvalue weighted by molar-refractivity contribution is 7.47. The number of hydrogen-bond acceptors (Lipinski definition) is 14. The number of aliphatic hydroxyl groups excluding tert-OH is 2. The molecule has 0 aromatic rings. The summed E-state index contributed by atoms with van der Waals surface area (Å²) >= 11 is 0. The molecule has 0 rings (SSSR count). The first-order valence-electron chi connectivity index (χ1n) is 40.7. The third kappa shape index (κ3) is 81.2. The van der Waals surface area contributed by atoms with E-state index in [2.05, 4.69) is 215 Å². The Bertz CT molecular complexity index is 2720. The molecule has 0 fully saturated rings. The summed E-state index contributed by atoms with van der Waals surface area (Å²) in [5.41, 5.74) is 0. The number of rotatable bonds is 75. The Morgan fingerprint density at radius 1 is 0.262 bits per heavy atom. The van der Waals surface area contributed by atoms with Crippen LogP contribution in [0.25, 0.3) is 0 Å². The standard InChI is InChI=1S/C89H144O16P2/c1-4-7-10-13-16-19-22-25-28-31-34-37-40-41-44-46-48-51-54-57-60-63-66-69-72-75-87(92)99-78-84(90)79-101-106(95,96)102-80-85(91)81-103-107(97,98)104-83-86(105-89(94)77-74-71-68-65-62-59-56-53-50-47-43-39-36-33-30-27-24-21-18-15-12-9-6-3)82-100-88(93)76-73-70-67-64-61-58-55-52-49-45-42-38-35-32-29-26-23-20-17-14-11-8-5-2/h7-12,16-21,25-30,34-39,41,44-45,47,49-50,55,58,84-86,90-91H,4-6,13-15,22-24,31-33,40,42-43,46,48,51-54,56-57,59-83H2,1-3H3,(H,95,96)(H,97,98)/b10-7-,11-8-,12-9-,19-16-,20-17-,21-18-,28-25-,29-26-,30-27-,37-34-,38-35-,39-36-,44-41-,49-45-,50-47-,58-55-. The molecule has 4 N–H and O–H groups in total. The van der Waals surface area contributed by atoms with E-state index in [-0.39, 0.29) is 19.3 Å². The van der Waals surface area contributed by atoms with Gasteiger partial charge in [0.2, 0.25) is 0 Å². The molecule has 0 saturated carbocycles. The third-order valence-electron chi connectivity index (χ3n) is 16.3. The fourth-order valence-corrected chi connectivity index (χ4v) is 11.8. The number of hydrogen-bond donors (Lipinski definition) is 4. The highest BCUT2D eigenvalue weighted by Gasteiger charge is 2.29. The minimum Gasteiger partial charge on any atom is -0.463 e. The molecule has 0 saturated heterocycles. The third-order valence-corrected chi connectivity index (χ3v) is 18.2. The Morgan fingerprint density at radius 3 is 0.738 bits per heavy atom. The molecular weight excluding hydrogens is 1390 g/mol. The molecule has 5 unspecified atom stereocenters. The van der Waals surface area contributed by atoms with E-state index in [9.17, 15) is 43.5 Å². The zero-order chi connectivity index (χ0) is 78.0. The van der Waals surface area contributed by atoms with Gasteiger partial charge in [-0.2, -0.15) is 0 Å². The van der Waals surface area contributed by atoms with Gasteiger partial charge in [0.25, 0.3) is 0 Å². The smallest absolute Gasteiger partial charge is 0.463 e. The topological polar surface area (TPSA) is 231 Å². The van der Waals surface area contributed by atoms with Crippen molar-refractivity contribution in [1.82, 2.24) is 0 Å². The van der Waals surface area contributed by atoms with Crippen molar-refractivity contribution < 1.29 is 75.8 Å². The zero-order valence-electron chi connectivity index (χ0n) is 66.2. The second-order valence-corrected chi connectivity index (χ2v) is 29.3. The van der Waals surface area contributed by atoms with Crippen LogP contribution in [-0.4, -0.2) is 95.9 Å². The highest BCUT2D eigenvalue weighted by Crippen LogP contribution is 2.45. The van der Waals surface area contributed by atoms with Gasteiger partial charge in [0.1, 0.15) is 25.4 Å². The summed E-state index contributed by atoms with van der Waals surface area (Å²) in [6.07, 6.45) is 105. The van der Waals surface area contributed by atoms with Gasteiger partial charge in [0.15, 0.2) is 6.10 Å². The van der Waals surface area contributed by atoms with Crippen LogP contribution in [0.4, 0.5) is 0 Å². The van der Waals surface area contributed by atoms with Gasteiger partial charge in [-0.3, -0.25) is 32.5 Å². The van der Waals surface area contributed by atoms with Crippen molar-refractivity contribution in [3.8, 4) is 0 Å². The normalized spacial score (nSPS) is 14.9. The lowest BCUT2D eigenvalue weighted by atomic mass is 10.1. The number of aliphatic hydroxyl groups is 2. The minimum atomic E-state index is -4.96. The first-order chi connectivity index (χ1) is 52.2. The molecule has 0 aromatic carbocycles. The minimum absolute atomic E-state index is 0.0768. The lowest BCUT2D eigenvalue weighted by molar-refractivity contribution is -0.161. The maximum absolute atomic E-state index is 13.0. The van der Waals surface area contributed by atoms with Gasteiger partial charge in [-0.25, -0.2) is 9.13 Å². The van der Waals surface area contributed by atoms with E-state index in [1.807, 2.05) is 0 Å². The van der Waals surface area contributed by atoms with Gasteiger partial charge < -0.3 is 34.2 Å². The summed E-state index contributed by atoms with van der Waals surface area (Å²) < 4.78 is 61.3. The largest absolute Gasteiger partial charge is 0.472 e. The van der Waals surface area contributed by atoms with E-state index >= 15 is 0 Å². The number of carbonyl (C=O) groups is 3. The molecule has 606 valence electrons. The molecule has 0 bridgehead atoms. The zero-order valence-corrected chi connectivity index (χ0v) is 68.0. The van der Waals surface area contributed by atoms with Gasteiger partial charge >= 0.3 is 33.6 Å². The molecule has 18 heteroatoms. The van der Waals surface area contributed by atoms with Crippen molar-refractivity contribution in [1.29, 1.82) is 0 Å². The number of carbonyl (C=O) groups excluding carboxylic acids is 3. The Morgan fingerprint density at radius 2 is 0.467 bits per heavy atom. The molecule has 0 heterocycles. The highest BCUT2D eigenvalue weighted by atomic mass is 31.2. The van der Waals surface area contributed by atoms with Crippen molar-refractivity contribution in [2.75, 3.05) is 39.6 Å². The second kappa shape index (κ2) is 79.9. The average Bonchev–Trinajstić information content (AvgIpc) is 1.16. The van der Waals surface area contributed by atoms with E-state index in [1.54, 1.807) is 0 Å². The maximum Gasteiger partial charge on any atom is 0.472 e. The molecule has 0 aliphatic heterocycles. The van der Waals surface area contributed by atoms with Crippen LogP contribution in [0.3, 0.4) is 0 Å². The van der Waals surface area contributed by atoms with Crippen LogP contribution in [0.2, 0.25) is 0 Å². The van der Waals surface area contributed by atoms with Crippen LogP contribution < -0.4 is 0 Å². The molecule has 16 nitrogen and oxygen atoms in total. The Kier molecular flexibility index (Phi) is 75.7. The maximum atomic E-state index is 13.0. The van der Waals surface area contributed by atoms with Gasteiger partial charge in [0, 0.05) is 19.3 Å². The van der Waals surface area contributed by atoms with Crippen molar-refractivity contribution in [3.63, 3.8) is 0 Å². The lowest BCUT2D eigenvalue weighted by Crippen LogP contribution is -2.30. The van der Waals surface area contributed by atoms with E-state index in [0.717, 1.165) is 205 Å². The first-order valence-corrected chi connectivity index (χ1v) is 43.7. The van der Waals surface area contributed by atoms with Gasteiger partial charge in [-0.1, -0.05) is 305 Å². The Balaban J connectivity index is 4.76.